The Bertz CT molecular complexity index is 94.5. The lowest BCUT2D eigenvalue weighted by atomic mass is 10.7. The smallest absolute Gasteiger partial charge is 0.318 e. The van der Waals surface area contributed by atoms with Gasteiger partial charge in [-0.1, -0.05) is 0 Å². The van der Waals surface area contributed by atoms with Gasteiger partial charge in [-0.05, 0) is 11.9 Å². The van der Waals surface area contributed by atoms with Gasteiger partial charge in [-0.15, -0.1) is 0 Å². The van der Waals surface area contributed by atoms with Crippen LogP contribution in [0.25, 0.3) is 0 Å². The molecule has 0 atom stereocenters. The Morgan fingerprint density at radius 3 is 2.88 bits per heavy atom. The van der Waals surface area contributed by atoms with Gasteiger partial charge < -0.3 is 5.11 Å². The minimum Gasteiger partial charge on any atom is -0.480 e. The summed E-state index contributed by atoms with van der Waals surface area (Å²) in [5.74, 6) is -0.973. The van der Waals surface area contributed by atoms with E-state index in [0.29, 0.717) is 5.62 Å². The van der Waals surface area contributed by atoms with E-state index in [9.17, 15) is 9.59 Å². The molecule has 5 heteroatoms. The fourth-order valence-corrected chi connectivity index (χ4v) is 0.412. The summed E-state index contributed by atoms with van der Waals surface area (Å²) >= 11 is 0.725. The van der Waals surface area contributed by atoms with Gasteiger partial charge in [-0.25, -0.2) is 4.72 Å². The fraction of sp³-hybridized carbons (Fsp3) is 0.333. The van der Waals surface area contributed by atoms with E-state index in [1.807, 2.05) is 0 Å². The largest absolute Gasteiger partial charge is 0.480 e. The molecule has 0 radical (unpaired) electrons. The molecular weight excluding hydrogens is 130 g/mol. The van der Waals surface area contributed by atoms with Crippen molar-refractivity contribution in [1.82, 2.24) is 4.72 Å². The highest BCUT2D eigenvalue weighted by molar-refractivity contribution is 8.10. The number of hydrogen-bond donors (Lipinski definition) is 2. The Kier molecular flexibility index (Phi) is 4.29. The van der Waals surface area contributed by atoms with Gasteiger partial charge in [0.05, 0.1) is 0 Å². The molecule has 46 valence electrons. The summed E-state index contributed by atoms with van der Waals surface area (Å²) in [6.45, 7) is -0.191. The lowest BCUT2D eigenvalue weighted by Gasteiger charge is -1.88. The number of nitrogens with one attached hydrogen (secondary N) is 1. The van der Waals surface area contributed by atoms with Gasteiger partial charge in [-0.2, -0.15) is 0 Å². The Labute approximate surface area is 50.4 Å². The number of carbonyl (C=O) groups excluding carboxylic acids is 1. The topological polar surface area (TPSA) is 66.4 Å². The van der Waals surface area contributed by atoms with Crippen molar-refractivity contribution in [2.24, 2.45) is 0 Å². The van der Waals surface area contributed by atoms with Gasteiger partial charge in [0.1, 0.15) is 6.54 Å². The van der Waals surface area contributed by atoms with Crippen molar-refractivity contribution in [2.45, 2.75) is 0 Å². The first-order valence-electron chi connectivity index (χ1n) is 1.81. The van der Waals surface area contributed by atoms with Gasteiger partial charge in [0, 0.05) is 0 Å². The van der Waals surface area contributed by atoms with Crippen LogP contribution in [0.2, 0.25) is 0 Å². The highest BCUT2D eigenvalue weighted by Gasteiger charge is 1.91. The van der Waals surface area contributed by atoms with E-state index in [1.54, 1.807) is 0 Å². The summed E-state index contributed by atoms with van der Waals surface area (Å²) in [4.78, 5) is 19.2. The zero-order valence-electron chi connectivity index (χ0n) is 3.96. The van der Waals surface area contributed by atoms with Crippen LogP contribution in [-0.4, -0.2) is 23.2 Å². The minimum atomic E-state index is -0.973. The molecule has 0 bridgehead atoms. The molecule has 0 unspecified atom stereocenters. The maximum absolute atomic E-state index is 9.68. The van der Waals surface area contributed by atoms with Crippen LogP contribution in [0.15, 0.2) is 0 Å². The first-order chi connectivity index (χ1) is 3.77. The monoisotopic (exact) mass is 135 g/mol. The fourth-order valence-electron chi connectivity index (χ4n) is 0.137. The molecule has 0 aromatic heterocycles. The second kappa shape index (κ2) is 4.61. The van der Waals surface area contributed by atoms with E-state index in [1.165, 1.54) is 0 Å². The van der Waals surface area contributed by atoms with Gasteiger partial charge in [-0.3, -0.25) is 9.59 Å². The van der Waals surface area contributed by atoms with Crippen LogP contribution in [0.1, 0.15) is 0 Å². The molecule has 0 spiro atoms. The molecule has 0 aliphatic carbocycles. The quantitative estimate of drug-likeness (QED) is 0.309. The molecule has 4 nitrogen and oxygen atoms in total. The molecule has 2 N–H and O–H groups in total. The molecular formula is C3H5NO3S. The molecule has 0 aliphatic rings. The Morgan fingerprint density at radius 1 is 1.88 bits per heavy atom. The molecule has 8 heavy (non-hydrogen) atoms. The van der Waals surface area contributed by atoms with E-state index < -0.39 is 5.97 Å². The van der Waals surface area contributed by atoms with E-state index in [0.717, 1.165) is 11.9 Å². The van der Waals surface area contributed by atoms with Gasteiger partial charge in [0.25, 0.3) is 0 Å². The molecule has 0 heterocycles. The molecule has 0 aromatic rings. The van der Waals surface area contributed by atoms with Crippen molar-refractivity contribution in [2.75, 3.05) is 6.54 Å². The third-order valence-corrected chi connectivity index (χ3v) is 0.762. The van der Waals surface area contributed by atoms with Crippen molar-refractivity contribution < 1.29 is 14.7 Å². The Balaban J connectivity index is 2.93. The van der Waals surface area contributed by atoms with Crippen LogP contribution in [-0.2, 0) is 9.59 Å². The number of aliphatic carboxylic acids is 1. The highest BCUT2D eigenvalue weighted by Crippen LogP contribution is 1.79. The number of hydrogen-bond acceptors (Lipinski definition) is 4. The summed E-state index contributed by atoms with van der Waals surface area (Å²) in [5.41, 5.74) is 0.531. The van der Waals surface area contributed by atoms with Gasteiger partial charge >= 0.3 is 5.97 Å². The van der Waals surface area contributed by atoms with E-state index >= 15 is 0 Å². The Hall–Kier alpha value is -0.550. The van der Waals surface area contributed by atoms with Crippen molar-refractivity contribution in [1.29, 1.82) is 0 Å². The van der Waals surface area contributed by atoms with Crippen LogP contribution in [0, 0.1) is 0 Å². The van der Waals surface area contributed by atoms with Crippen molar-refractivity contribution in [3.05, 3.63) is 0 Å². The molecule has 0 amide bonds. The van der Waals surface area contributed by atoms with Crippen LogP contribution in [0.4, 0.5) is 0 Å². The zero-order valence-corrected chi connectivity index (χ0v) is 4.77. The number of rotatable bonds is 4. The third-order valence-electron chi connectivity index (χ3n) is 0.355. The second-order valence-corrected chi connectivity index (χ2v) is 1.65. The number of carbonyl (C=O) groups is 2. The summed E-state index contributed by atoms with van der Waals surface area (Å²) in [6, 6.07) is 0. The molecule has 0 rings (SSSR count). The average molecular weight is 135 g/mol. The predicted octanol–water partition coefficient (Wildman–Crippen LogP) is -0.501. The number of carboxylic acids is 1. The lowest BCUT2D eigenvalue weighted by molar-refractivity contribution is -0.135. The van der Waals surface area contributed by atoms with Crippen LogP contribution in [0.5, 0.6) is 0 Å². The molecule has 0 saturated carbocycles. The van der Waals surface area contributed by atoms with Gasteiger partial charge in [0.2, 0.25) is 0 Å². The summed E-state index contributed by atoms with van der Waals surface area (Å²) < 4.78 is 2.28. The third kappa shape index (κ3) is 5.45. The maximum Gasteiger partial charge on any atom is 0.318 e. The molecule has 0 fully saturated rings. The average Bonchev–Trinajstić information content (AvgIpc) is 1.66. The van der Waals surface area contributed by atoms with E-state index in [4.69, 9.17) is 5.11 Å². The second-order valence-electron chi connectivity index (χ2n) is 0.929. The normalized spacial score (nSPS) is 8.50. The first-order valence-corrected chi connectivity index (χ1v) is 2.69. The molecule has 0 saturated heterocycles. The van der Waals surface area contributed by atoms with Crippen LogP contribution >= 0.6 is 11.9 Å². The van der Waals surface area contributed by atoms with Crippen LogP contribution in [0.3, 0.4) is 0 Å². The zero-order chi connectivity index (χ0) is 6.41. The van der Waals surface area contributed by atoms with Crippen LogP contribution < -0.4 is 4.72 Å². The van der Waals surface area contributed by atoms with Crippen molar-refractivity contribution in [3.8, 4) is 0 Å². The lowest BCUT2D eigenvalue weighted by Crippen LogP contribution is -2.15. The summed E-state index contributed by atoms with van der Waals surface area (Å²) in [7, 11) is 0. The summed E-state index contributed by atoms with van der Waals surface area (Å²) in [5, 5.41) is 7.95. The maximum atomic E-state index is 9.68. The number of carboxylic acid groups (broad SMARTS) is 1. The standard InChI is InChI=1S/C3H5NO3S/c5-2-8-4-1-3(6)7/h2,4H,1H2,(H,6,7). The molecule has 0 aromatic carbocycles. The minimum absolute atomic E-state index is 0.191. The summed E-state index contributed by atoms with van der Waals surface area (Å²) in [6.07, 6.45) is 0. The molecule has 0 aliphatic heterocycles. The van der Waals surface area contributed by atoms with E-state index in [2.05, 4.69) is 4.72 Å². The highest BCUT2D eigenvalue weighted by atomic mass is 32.2. The predicted molar refractivity (Wildman–Crippen MR) is 30.0 cm³/mol. The van der Waals surface area contributed by atoms with Crippen molar-refractivity contribution in [3.63, 3.8) is 0 Å². The van der Waals surface area contributed by atoms with E-state index in [-0.39, 0.29) is 6.54 Å². The van der Waals surface area contributed by atoms with Crippen molar-refractivity contribution >= 4 is 23.5 Å². The van der Waals surface area contributed by atoms with Gasteiger partial charge in [0.15, 0.2) is 5.62 Å². The Morgan fingerprint density at radius 2 is 2.50 bits per heavy atom. The SMILES string of the molecule is O=CSNCC(=O)O. The first kappa shape index (κ1) is 7.45.